The van der Waals surface area contributed by atoms with Gasteiger partial charge in [-0.1, -0.05) is 41.5 Å². The summed E-state index contributed by atoms with van der Waals surface area (Å²) in [7, 11) is 0. The van der Waals surface area contributed by atoms with Crippen molar-refractivity contribution in [2.75, 3.05) is 0 Å². The molecule has 0 N–H and O–H groups in total. The summed E-state index contributed by atoms with van der Waals surface area (Å²) in [4.78, 5) is 14.9. The van der Waals surface area contributed by atoms with Gasteiger partial charge in [-0.25, -0.2) is 4.79 Å². The largest absolute Gasteiger partial charge is 0.321 e. The Kier molecular flexibility index (Phi) is 5.13. The van der Waals surface area contributed by atoms with Crippen molar-refractivity contribution in [3.8, 4) is 0 Å². The van der Waals surface area contributed by atoms with Gasteiger partial charge in [0.2, 0.25) is 6.08 Å². The molecule has 1 aromatic heterocycles. The maximum Gasteiger partial charge on any atom is 0.242 e. The zero-order chi connectivity index (χ0) is 16.1. The third-order valence-corrected chi connectivity index (χ3v) is 3.59. The number of benzene rings is 1. The third kappa shape index (κ3) is 3.44. The van der Waals surface area contributed by atoms with Crippen LogP contribution in [-0.2, 0) is 17.8 Å². The molecule has 0 aliphatic heterocycles. The average molecular weight is 294 g/mol. The molecule has 2 aromatic rings. The van der Waals surface area contributed by atoms with Crippen LogP contribution in [0.3, 0.4) is 0 Å². The summed E-state index contributed by atoms with van der Waals surface area (Å²) in [5, 5.41) is 1.15. The van der Waals surface area contributed by atoms with E-state index >= 15 is 0 Å². The SMILES string of the molecule is CC(C)=CCc1c(N=C=O)n(CC=C(C)C)c2ccccc12. The van der Waals surface area contributed by atoms with Gasteiger partial charge in [-0.05, 0) is 40.2 Å². The zero-order valence-corrected chi connectivity index (χ0v) is 13.7. The van der Waals surface area contributed by atoms with E-state index < -0.39 is 0 Å². The van der Waals surface area contributed by atoms with Crippen molar-refractivity contribution >= 4 is 22.8 Å². The molecule has 0 atom stereocenters. The van der Waals surface area contributed by atoms with Crippen molar-refractivity contribution in [2.24, 2.45) is 4.99 Å². The first-order valence-electron chi connectivity index (χ1n) is 7.49. The molecule has 1 aromatic carbocycles. The van der Waals surface area contributed by atoms with E-state index in [2.05, 4.69) is 61.5 Å². The molecule has 0 bridgehead atoms. The third-order valence-electron chi connectivity index (χ3n) is 3.59. The van der Waals surface area contributed by atoms with E-state index in [1.165, 1.54) is 11.1 Å². The molecule has 0 unspecified atom stereocenters. The highest BCUT2D eigenvalue weighted by Gasteiger charge is 2.15. The molecule has 2 rings (SSSR count). The van der Waals surface area contributed by atoms with Gasteiger partial charge in [-0.3, -0.25) is 0 Å². The molecule has 3 heteroatoms. The summed E-state index contributed by atoms with van der Waals surface area (Å²) in [6, 6.07) is 8.20. The highest BCUT2D eigenvalue weighted by molar-refractivity contribution is 5.89. The van der Waals surface area contributed by atoms with Crippen LogP contribution in [0.5, 0.6) is 0 Å². The maximum absolute atomic E-state index is 10.9. The minimum absolute atomic E-state index is 0.707. The van der Waals surface area contributed by atoms with Crippen molar-refractivity contribution in [2.45, 2.75) is 40.7 Å². The number of fused-ring (bicyclic) bond motifs is 1. The predicted molar refractivity (Wildman–Crippen MR) is 92.3 cm³/mol. The molecule has 0 fully saturated rings. The number of aliphatic imine (C=N–C) groups is 1. The Morgan fingerprint density at radius 2 is 1.82 bits per heavy atom. The predicted octanol–water partition coefficient (Wildman–Crippen LogP) is 5.08. The Bertz CT molecular complexity index is 722. The van der Waals surface area contributed by atoms with Crippen LogP contribution in [0, 0.1) is 0 Å². The Morgan fingerprint density at radius 3 is 2.45 bits per heavy atom. The van der Waals surface area contributed by atoms with Crippen molar-refractivity contribution in [3.05, 3.63) is 53.1 Å². The topological polar surface area (TPSA) is 34.4 Å². The highest BCUT2D eigenvalue weighted by Crippen LogP contribution is 2.33. The van der Waals surface area contributed by atoms with Gasteiger partial charge < -0.3 is 4.57 Å². The molecule has 0 aliphatic carbocycles. The highest BCUT2D eigenvalue weighted by atomic mass is 16.1. The van der Waals surface area contributed by atoms with Gasteiger partial charge in [0, 0.05) is 17.5 Å². The fourth-order valence-electron chi connectivity index (χ4n) is 2.50. The second-order valence-corrected chi connectivity index (χ2v) is 5.90. The zero-order valence-electron chi connectivity index (χ0n) is 13.7. The quantitative estimate of drug-likeness (QED) is 0.430. The van der Waals surface area contributed by atoms with Crippen LogP contribution in [0.15, 0.2) is 52.6 Å². The first-order valence-corrected chi connectivity index (χ1v) is 7.49. The molecule has 0 radical (unpaired) electrons. The number of hydrogen-bond donors (Lipinski definition) is 0. The van der Waals surface area contributed by atoms with Crippen LogP contribution >= 0.6 is 0 Å². The summed E-state index contributed by atoms with van der Waals surface area (Å²) in [6.45, 7) is 8.99. The Labute approximate surface area is 131 Å². The van der Waals surface area contributed by atoms with Gasteiger partial charge in [0.1, 0.15) is 0 Å². The summed E-state index contributed by atoms with van der Waals surface area (Å²) >= 11 is 0. The van der Waals surface area contributed by atoms with Crippen molar-refractivity contribution < 1.29 is 4.79 Å². The number of rotatable bonds is 5. The van der Waals surface area contributed by atoms with Crippen molar-refractivity contribution in [1.82, 2.24) is 4.57 Å². The van der Waals surface area contributed by atoms with E-state index in [9.17, 15) is 4.79 Å². The molecule has 22 heavy (non-hydrogen) atoms. The molecule has 0 saturated carbocycles. The van der Waals surface area contributed by atoms with Crippen LogP contribution in [-0.4, -0.2) is 10.6 Å². The molecule has 0 saturated heterocycles. The van der Waals surface area contributed by atoms with Crippen LogP contribution in [0.2, 0.25) is 0 Å². The lowest BCUT2D eigenvalue weighted by molar-refractivity contribution is 0.565. The lowest BCUT2D eigenvalue weighted by atomic mass is 10.1. The van der Waals surface area contributed by atoms with Gasteiger partial charge >= 0.3 is 0 Å². The smallest absolute Gasteiger partial charge is 0.242 e. The van der Waals surface area contributed by atoms with Crippen molar-refractivity contribution in [3.63, 3.8) is 0 Å². The molecule has 3 nitrogen and oxygen atoms in total. The minimum atomic E-state index is 0.707. The van der Waals surface area contributed by atoms with E-state index in [0.717, 1.165) is 22.9 Å². The van der Waals surface area contributed by atoms with Crippen LogP contribution < -0.4 is 0 Å². The van der Waals surface area contributed by atoms with Crippen LogP contribution in [0.25, 0.3) is 10.9 Å². The number of carbonyl (C=O) groups excluding carboxylic acids is 1. The Hall–Kier alpha value is -2.38. The molecular weight excluding hydrogens is 272 g/mol. The van der Waals surface area contributed by atoms with Gasteiger partial charge in [-0.2, -0.15) is 0 Å². The second kappa shape index (κ2) is 7.06. The minimum Gasteiger partial charge on any atom is -0.321 e. The van der Waals surface area contributed by atoms with E-state index in [-0.39, 0.29) is 0 Å². The first-order chi connectivity index (χ1) is 10.5. The molecule has 0 amide bonds. The number of aromatic nitrogens is 1. The molecular formula is C19H22N2O. The molecule has 0 aliphatic rings. The fourth-order valence-corrected chi connectivity index (χ4v) is 2.50. The lowest BCUT2D eigenvalue weighted by Gasteiger charge is -2.05. The van der Waals surface area contributed by atoms with E-state index in [1.807, 2.05) is 12.1 Å². The van der Waals surface area contributed by atoms with E-state index in [0.29, 0.717) is 12.4 Å². The summed E-state index contributed by atoms with van der Waals surface area (Å²) < 4.78 is 2.08. The van der Waals surface area contributed by atoms with Crippen molar-refractivity contribution in [1.29, 1.82) is 0 Å². The summed E-state index contributed by atoms with van der Waals surface area (Å²) in [6.07, 6.45) is 6.79. The fraction of sp³-hybridized carbons (Fsp3) is 0.316. The van der Waals surface area contributed by atoms with Crippen LogP contribution in [0.4, 0.5) is 5.82 Å². The maximum atomic E-state index is 10.9. The van der Waals surface area contributed by atoms with Gasteiger partial charge in [0.25, 0.3) is 0 Å². The Balaban J connectivity index is 2.70. The molecule has 114 valence electrons. The monoisotopic (exact) mass is 294 g/mol. The standard InChI is InChI=1S/C19H22N2O/c1-14(2)9-10-17-16-7-5-6-8-18(16)21(12-11-15(3)4)19(17)20-13-22/h5-9,11H,10,12H2,1-4H3. The normalized spacial score (nSPS) is 10.2. The van der Waals surface area contributed by atoms with E-state index in [1.54, 1.807) is 6.08 Å². The van der Waals surface area contributed by atoms with Gasteiger partial charge in [-0.15, -0.1) is 4.99 Å². The molecule has 0 spiro atoms. The number of para-hydroxylation sites is 1. The number of hydrogen-bond acceptors (Lipinski definition) is 2. The number of isocyanates is 1. The van der Waals surface area contributed by atoms with Crippen LogP contribution in [0.1, 0.15) is 33.3 Å². The van der Waals surface area contributed by atoms with E-state index in [4.69, 9.17) is 0 Å². The first kappa shape index (κ1) is 16.0. The van der Waals surface area contributed by atoms with Gasteiger partial charge in [0.15, 0.2) is 5.82 Å². The second-order valence-electron chi connectivity index (χ2n) is 5.90. The number of nitrogens with zero attached hydrogens (tertiary/aromatic N) is 2. The summed E-state index contributed by atoms with van der Waals surface area (Å²) in [5.74, 6) is 0.714. The molecule has 1 heterocycles. The van der Waals surface area contributed by atoms with Gasteiger partial charge in [0.05, 0.1) is 5.52 Å². The lowest BCUT2D eigenvalue weighted by Crippen LogP contribution is -1.95. The average Bonchev–Trinajstić information content (AvgIpc) is 2.76. The summed E-state index contributed by atoms with van der Waals surface area (Å²) in [5.41, 5.74) is 4.68. The Morgan fingerprint density at radius 1 is 1.14 bits per heavy atom. The number of allylic oxidation sites excluding steroid dienone is 4.